The molecule has 1 N–H and O–H groups in total. The lowest BCUT2D eigenvalue weighted by molar-refractivity contribution is -0.134. The Morgan fingerprint density at radius 3 is 2.57 bits per heavy atom. The quantitative estimate of drug-likeness (QED) is 0.548. The number of urea groups is 1. The molecule has 3 heterocycles. The topological polar surface area (TPSA) is 71.1 Å². The maximum atomic E-state index is 13.2. The lowest BCUT2D eigenvalue weighted by Gasteiger charge is -2.40. The van der Waals surface area contributed by atoms with Gasteiger partial charge in [-0.25, -0.2) is 4.79 Å². The fourth-order valence-corrected chi connectivity index (χ4v) is 4.98. The number of carbonyl (C=O) groups is 2. The van der Waals surface area contributed by atoms with Crippen LogP contribution in [0.2, 0.25) is 5.02 Å². The van der Waals surface area contributed by atoms with Crippen molar-refractivity contribution in [3.63, 3.8) is 0 Å². The number of fused-ring (bicyclic) bond motifs is 1. The van der Waals surface area contributed by atoms with E-state index in [-0.39, 0.29) is 31.2 Å². The molecule has 30 heavy (non-hydrogen) atoms. The minimum atomic E-state index is -0.810. The van der Waals surface area contributed by atoms with E-state index in [1.54, 1.807) is 6.07 Å². The zero-order valence-electron chi connectivity index (χ0n) is 17.5. The van der Waals surface area contributed by atoms with Crippen molar-refractivity contribution in [3.05, 3.63) is 34.9 Å². The Morgan fingerprint density at radius 2 is 1.93 bits per heavy atom. The second kappa shape index (κ2) is 8.12. The number of hydrogen-bond donors (Lipinski definition) is 1. The van der Waals surface area contributed by atoms with Crippen LogP contribution in [0.5, 0.6) is 11.5 Å². The number of piperidine rings is 1. The molecule has 0 radical (unpaired) electrons. The van der Waals surface area contributed by atoms with Crippen LogP contribution < -0.4 is 14.8 Å². The Morgan fingerprint density at radius 1 is 1.27 bits per heavy atom. The van der Waals surface area contributed by atoms with Crippen molar-refractivity contribution in [1.82, 2.24) is 15.1 Å². The van der Waals surface area contributed by atoms with Crippen LogP contribution in [0, 0.1) is 5.92 Å². The number of carbonyl (C=O) groups excluding carboxylic acids is 2. The van der Waals surface area contributed by atoms with Gasteiger partial charge < -0.3 is 14.8 Å². The largest absolute Gasteiger partial charge is 0.454 e. The van der Waals surface area contributed by atoms with Gasteiger partial charge in [0.2, 0.25) is 6.79 Å². The summed E-state index contributed by atoms with van der Waals surface area (Å²) in [5, 5.41) is 3.69. The molecule has 4 rings (SSSR count). The highest BCUT2D eigenvalue weighted by molar-refractivity contribution is 6.31. The van der Waals surface area contributed by atoms with Gasteiger partial charge in [-0.2, -0.15) is 0 Å². The number of likely N-dealkylation sites (tertiary alicyclic amines) is 1. The Kier molecular flexibility index (Phi) is 5.68. The van der Waals surface area contributed by atoms with Crippen LogP contribution in [0.25, 0.3) is 0 Å². The average molecular weight is 434 g/mol. The number of ether oxygens (including phenoxy) is 2. The molecule has 0 saturated carbocycles. The molecule has 1 aromatic rings. The summed E-state index contributed by atoms with van der Waals surface area (Å²) < 4.78 is 10.8. The SMILES string of the molecule is C=C(C)CN1C(=O)NC(CC)(C2CCN(Cc3cc4c(cc3Cl)OCO4)CC2)C1=O. The number of nitrogens with zero attached hydrogens (tertiary/aromatic N) is 2. The third-order valence-electron chi connectivity index (χ3n) is 6.41. The number of rotatable bonds is 6. The van der Waals surface area contributed by atoms with Gasteiger partial charge in [0.15, 0.2) is 11.5 Å². The minimum Gasteiger partial charge on any atom is -0.454 e. The normalized spacial score (nSPS) is 24.4. The van der Waals surface area contributed by atoms with E-state index < -0.39 is 5.54 Å². The van der Waals surface area contributed by atoms with Crippen LogP contribution in [0.3, 0.4) is 0 Å². The van der Waals surface area contributed by atoms with Gasteiger partial charge in [-0.1, -0.05) is 30.7 Å². The summed E-state index contributed by atoms with van der Waals surface area (Å²) in [4.78, 5) is 29.3. The molecule has 3 amide bonds. The van der Waals surface area contributed by atoms with Crippen molar-refractivity contribution in [2.75, 3.05) is 26.4 Å². The average Bonchev–Trinajstić information content (AvgIpc) is 3.26. The Labute approximate surface area is 181 Å². The molecule has 1 aromatic carbocycles. The van der Waals surface area contributed by atoms with Crippen molar-refractivity contribution >= 4 is 23.5 Å². The molecule has 0 bridgehead atoms. The molecule has 8 heteroatoms. The highest BCUT2D eigenvalue weighted by Gasteiger charge is 2.54. The fourth-order valence-electron chi connectivity index (χ4n) is 4.77. The molecule has 3 aliphatic rings. The maximum absolute atomic E-state index is 13.2. The molecule has 2 fully saturated rings. The lowest BCUT2D eigenvalue weighted by atomic mass is 9.75. The number of hydrogen-bond acceptors (Lipinski definition) is 5. The van der Waals surface area contributed by atoms with E-state index in [0.29, 0.717) is 23.7 Å². The van der Waals surface area contributed by atoms with Crippen molar-refractivity contribution in [3.8, 4) is 11.5 Å². The zero-order chi connectivity index (χ0) is 21.5. The van der Waals surface area contributed by atoms with Gasteiger partial charge in [-0.15, -0.1) is 0 Å². The van der Waals surface area contributed by atoms with Gasteiger partial charge in [-0.3, -0.25) is 14.6 Å². The highest BCUT2D eigenvalue weighted by Crippen LogP contribution is 2.39. The molecule has 7 nitrogen and oxygen atoms in total. The smallest absolute Gasteiger partial charge is 0.325 e. The van der Waals surface area contributed by atoms with E-state index in [0.717, 1.165) is 42.8 Å². The molecule has 3 aliphatic heterocycles. The number of nitrogens with one attached hydrogen (secondary N) is 1. The Hall–Kier alpha value is -2.25. The van der Waals surface area contributed by atoms with E-state index >= 15 is 0 Å². The van der Waals surface area contributed by atoms with Crippen molar-refractivity contribution in [2.24, 2.45) is 5.92 Å². The minimum absolute atomic E-state index is 0.109. The van der Waals surface area contributed by atoms with Crippen LogP contribution in [-0.2, 0) is 11.3 Å². The predicted octanol–water partition coefficient (Wildman–Crippen LogP) is 3.56. The third-order valence-corrected chi connectivity index (χ3v) is 6.76. The molecule has 1 unspecified atom stereocenters. The van der Waals surface area contributed by atoms with E-state index in [9.17, 15) is 9.59 Å². The van der Waals surface area contributed by atoms with Crippen LogP contribution in [-0.4, -0.2) is 53.7 Å². The summed E-state index contributed by atoms with van der Waals surface area (Å²) in [7, 11) is 0. The summed E-state index contributed by atoms with van der Waals surface area (Å²) >= 11 is 6.43. The second-order valence-electron chi connectivity index (χ2n) is 8.45. The van der Waals surface area contributed by atoms with E-state index in [1.807, 2.05) is 19.9 Å². The van der Waals surface area contributed by atoms with Crippen molar-refractivity contribution < 1.29 is 19.1 Å². The highest BCUT2D eigenvalue weighted by atomic mass is 35.5. The molecule has 1 atom stereocenters. The monoisotopic (exact) mass is 433 g/mol. The van der Waals surface area contributed by atoms with E-state index in [1.165, 1.54) is 4.90 Å². The van der Waals surface area contributed by atoms with Crippen LogP contribution >= 0.6 is 11.6 Å². The van der Waals surface area contributed by atoms with Crippen LogP contribution in [0.1, 0.15) is 38.7 Å². The summed E-state index contributed by atoms with van der Waals surface area (Å²) in [5.74, 6) is 1.40. The maximum Gasteiger partial charge on any atom is 0.325 e. The Bertz CT molecular complexity index is 881. The van der Waals surface area contributed by atoms with Crippen LogP contribution in [0.4, 0.5) is 4.79 Å². The Balaban J connectivity index is 1.42. The lowest BCUT2D eigenvalue weighted by Crippen LogP contribution is -2.55. The first-order chi connectivity index (χ1) is 14.3. The van der Waals surface area contributed by atoms with Crippen LogP contribution in [0.15, 0.2) is 24.3 Å². The van der Waals surface area contributed by atoms with Crippen molar-refractivity contribution in [1.29, 1.82) is 0 Å². The van der Waals surface area contributed by atoms with Gasteiger partial charge in [0, 0.05) is 17.6 Å². The number of amides is 3. The molecule has 162 valence electrons. The summed E-state index contributed by atoms with van der Waals surface area (Å²) in [5.41, 5.74) is 0.984. The first kappa shape index (κ1) is 21.0. The van der Waals surface area contributed by atoms with E-state index in [2.05, 4.69) is 16.8 Å². The molecule has 0 aliphatic carbocycles. The zero-order valence-corrected chi connectivity index (χ0v) is 18.3. The third kappa shape index (κ3) is 3.65. The van der Waals surface area contributed by atoms with Gasteiger partial charge in [0.25, 0.3) is 5.91 Å². The van der Waals surface area contributed by atoms with Gasteiger partial charge in [0.05, 0.1) is 6.54 Å². The molecular weight excluding hydrogens is 406 g/mol. The van der Waals surface area contributed by atoms with Gasteiger partial charge in [0.1, 0.15) is 5.54 Å². The second-order valence-corrected chi connectivity index (χ2v) is 8.86. The van der Waals surface area contributed by atoms with Gasteiger partial charge >= 0.3 is 6.03 Å². The summed E-state index contributed by atoms with van der Waals surface area (Å²) in [6, 6.07) is 3.45. The molecule has 0 spiro atoms. The number of benzene rings is 1. The standard InChI is InChI=1S/C22H28ClN3O4/c1-4-22(20(27)26(11-14(2)3)21(28)24-22)16-5-7-25(8-6-16)12-15-9-18-19(10-17(15)23)30-13-29-18/h9-10,16H,2,4-8,11-13H2,1,3H3,(H,24,28). The molecule has 2 saturated heterocycles. The summed E-state index contributed by atoms with van der Waals surface area (Å²) in [6.45, 7) is 10.5. The fraction of sp³-hybridized carbons (Fsp3) is 0.545. The summed E-state index contributed by atoms with van der Waals surface area (Å²) in [6.07, 6.45) is 2.26. The molecular formula is C22H28ClN3O4. The molecule has 0 aromatic heterocycles. The predicted molar refractivity (Wildman–Crippen MR) is 114 cm³/mol. The first-order valence-electron chi connectivity index (χ1n) is 10.4. The number of imide groups is 1. The van der Waals surface area contributed by atoms with E-state index in [4.69, 9.17) is 21.1 Å². The van der Waals surface area contributed by atoms with Crippen molar-refractivity contribution in [2.45, 2.75) is 45.2 Å². The number of halogens is 1. The first-order valence-corrected chi connectivity index (χ1v) is 10.8. The van der Waals surface area contributed by atoms with Gasteiger partial charge in [-0.05, 0) is 56.8 Å².